The van der Waals surface area contributed by atoms with Crippen LogP contribution in [0.2, 0.25) is 0 Å². The van der Waals surface area contributed by atoms with E-state index in [4.69, 9.17) is 18.6 Å². The van der Waals surface area contributed by atoms with Crippen LogP contribution in [0, 0.1) is 13.8 Å². The van der Waals surface area contributed by atoms with Crippen LogP contribution >= 0.6 is 0 Å². The summed E-state index contributed by atoms with van der Waals surface area (Å²) in [4.78, 5) is 29.3. The van der Waals surface area contributed by atoms with Gasteiger partial charge in [0.25, 0.3) is 5.91 Å². The Morgan fingerprint density at radius 3 is 2.49 bits per heavy atom. The molecule has 202 valence electrons. The maximum Gasteiger partial charge on any atom is 0.290 e. The normalized spacial score (nSPS) is 14.6. The molecule has 4 aromatic rings. The van der Waals surface area contributed by atoms with Crippen molar-refractivity contribution in [1.29, 1.82) is 0 Å². The van der Waals surface area contributed by atoms with Crippen LogP contribution in [0.1, 0.15) is 57.8 Å². The summed E-state index contributed by atoms with van der Waals surface area (Å²) in [5.41, 5.74) is 4.20. The molecule has 0 bridgehead atoms. The number of hydrogen-bond acceptors (Lipinski definition) is 6. The van der Waals surface area contributed by atoms with Crippen LogP contribution in [0.25, 0.3) is 11.0 Å². The molecule has 1 unspecified atom stereocenters. The molecule has 0 radical (unpaired) electrons. The van der Waals surface area contributed by atoms with Gasteiger partial charge in [-0.25, -0.2) is 0 Å². The fraction of sp³-hybridized carbons (Fsp3) is 0.312. The van der Waals surface area contributed by atoms with Crippen LogP contribution in [0.15, 0.2) is 69.9 Å². The van der Waals surface area contributed by atoms with Gasteiger partial charge in [0.05, 0.1) is 23.6 Å². The Hall–Kier alpha value is -4.10. The van der Waals surface area contributed by atoms with Crippen molar-refractivity contribution in [2.24, 2.45) is 0 Å². The van der Waals surface area contributed by atoms with E-state index in [9.17, 15) is 9.59 Å². The number of nitrogens with zero attached hydrogens (tertiary/aromatic N) is 1. The smallest absolute Gasteiger partial charge is 0.290 e. The van der Waals surface area contributed by atoms with Crippen molar-refractivity contribution in [2.45, 2.75) is 39.8 Å². The van der Waals surface area contributed by atoms with Gasteiger partial charge in [-0.2, -0.15) is 0 Å². The van der Waals surface area contributed by atoms with Crippen molar-refractivity contribution in [3.63, 3.8) is 0 Å². The summed E-state index contributed by atoms with van der Waals surface area (Å²) in [6, 6.07) is 18.7. The Balaban J connectivity index is 1.60. The molecule has 1 amide bonds. The minimum absolute atomic E-state index is 0.0993. The fourth-order valence-electron chi connectivity index (χ4n) is 5.29. The molecule has 1 aliphatic heterocycles. The van der Waals surface area contributed by atoms with Gasteiger partial charge in [0, 0.05) is 20.3 Å². The number of aryl methyl sites for hydroxylation is 2. The SMILES string of the molecule is CCOc1cc(C2c3c(oc4cc(C)cc(C)c4c3=O)C(=O)N2CCCOC)ccc1OCc1ccccc1. The van der Waals surface area contributed by atoms with Crippen LogP contribution in [0.4, 0.5) is 0 Å². The summed E-state index contributed by atoms with van der Waals surface area (Å²) in [5, 5.41) is 0.503. The summed E-state index contributed by atoms with van der Waals surface area (Å²) in [6.45, 7) is 7.47. The number of ether oxygens (including phenoxy) is 3. The van der Waals surface area contributed by atoms with Crippen LogP contribution < -0.4 is 14.9 Å². The molecule has 0 saturated heterocycles. The molecule has 1 atom stereocenters. The van der Waals surface area contributed by atoms with E-state index < -0.39 is 6.04 Å². The summed E-state index contributed by atoms with van der Waals surface area (Å²) >= 11 is 0. The number of rotatable bonds is 10. The molecular weight excluding hydrogens is 494 g/mol. The number of hydrogen-bond donors (Lipinski definition) is 0. The molecule has 2 heterocycles. The zero-order valence-electron chi connectivity index (χ0n) is 22.8. The zero-order valence-corrected chi connectivity index (χ0v) is 22.8. The second-order valence-corrected chi connectivity index (χ2v) is 9.79. The van der Waals surface area contributed by atoms with Gasteiger partial charge in [0.2, 0.25) is 5.76 Å². The molecule has 7 nitrogen and oxygen atoms in total. The van der Waals surface area contributed by atoms with Crippen LogP contribution in [-0.4, -0.2) is 37.7 Å². The molecule has 3 aromatic carbocycles. The third-order valence-corrected chi connectivity index (χ3v) is 6.98. The van der Waals surface area contributed by atoms with E-state index in [-0.39, 0.29) is 17.1 Å². The maximum atomic E-state index is 14.0. The Labute approximate surface area is 227 Å². The fourth-order valence-corrected chi connectivity index (χ4v) is 5.29. The van der Waals surface area contributed by atoms with Crippen LogP contribution in [0.3, 0.4) is 0 Å². The van der Waals surface area contributed by atoms with Crippen molar-refractivity contribution in [3.05, 3.63) is 104 Å². The van der Waals surface area contributed by atoms with Crippen molar-refractivity contribution >= 4 is 16.9 Å². The van der Waals surface area contributed by atoms with Gasteiger partial charge < -0.3 is 23.5 Å². The number of carbonyl (C=O) groups excluding carboxylic acids is 1. The Bertz CT molecular complexity index is 1560. The average molecular weight is 528 g/mol. The van der Waals surface area contributed by atoms with E-state index in [2.05, 4.69) is 0 Å². The van der Waals surface area contributed by atoms with Gasteiger partial charge in [-0.05, 0) is 67.6 Å². The quantitative estimate of drug-likeness (QED) is 0.237. The average Bonchev–Trinajstić information content (AvgIpc) is 3.20. The molecule has 39 heavy (non-hydrogen) atoms. The molecule has 1 aliphatic rings. The lowest BCUT2D eigenvalue weighted by molar-refractivity contribution is 0.0707. The van der Waals surface area contributed by atoms with Crippen molar-refractivity contribution in [1.82, 2.24) is 4.90 Å². The van der Waals surface area contributed by atoms with Crippen molar-refractivity contribution in [3.8, 4) is 11.5 Å². The van der Waals surface area contributed by atoms with Gasteiger partial charge in [-0.1, -0.05) is 42.5 Å². The van der Waals surface area contributed by atoms with Gasteiger partial charge in [0.15, 0.2) is 16.9 Å². The van der Waals surface area contributed by atoms with Crippen LogP contribution in [-0.2, 0) is 11.3 Å². The summed E-state index contributed by atoms with van der Waals surface area (Å²) in [6.07, 6.45) is 0.620. The molecule has 0 N–H and O–H groups in total. The first-order valence-electron chi connectivity index (χ1n) is 13.2. The van der Waals surface area contributed by atoms with Gasteiger partial charge >= 0.3 is 0 Å². The highest BCUT2D eigenvalue weighted by Gasteiger charge is 2.43. The number of carbonyl (C=O) groups is 1. The van der Waals surface area contributed by atoms with Crippen LogP contribution in [0.5, 0.6) is 11.5 Å². The first-order chi connectivity index (χ1) is 18.9. The summed E-state index contributed by atoms with van der Waals surface area (Å²) in [7, 11) is 1.63. The van der Waals surface area contributed by atoms with Gasteiger partial charge in [-0.15, -0.1) is 0 Å². The molecule has 0 saturated carbocycles. The molecule has 0 aliphatic carbocycles. The molecule has 5 rings (SSSR count). The summed E-state index contributed by atoms with van der Waals surface area (Å²) < 4.78 is 23.5. The standard InChI is InChI=1S/C32H33NO6/c1-5-37-25-18-23(12-13-24(25)38-19-22-10-7-6-8-11-22)29-28-30(34)27-21(3)16-20(2)17-26(27)39-31(28)32(35)33(29)14-9-15-36-4/h6-8,10-13,16-18,29H,5,9,14-15,19H2,1-4H3. The third-order valence-electron chi connectivity index (χ3n) is 6.98. The Morgan fingerprint density at radius 2 is 1.74 bits per heavy atom. The van der Waals surface area contributed by atoms with E-state index in [0.29, 0.717) is 60.8 Å². The second-order valence-electron chi connectivity index (χ2n) is 9.79. The highest BCUT2D eigenvalue weighted by Crippen LogP contribution is 2.41. The predicted molar refractivity (Wildman–Crippen MR) is 150 cm³/mol. The van der Waals surface area contributed by atoms with Gasteiger partial charge in [0.1, 0.15) is 12.2 Å². The van der Waals surface area contributed by atoms with Crippen molar-refractivity contribution < 1.29 is 23.4 Å². The topological polar surface area (TPSA) is 78.2 Å². The first kappa shape index (κ1) is 26.5. The van der Waals surface area contributed by atoms with E-state index in [1.165, 1.54) is 0 Å². The molecular formula is C32H33NO6. The third kappa shape index (κ3) is 5.14. The zero-order chi connectivity index (χ0) is 27.5. The number of methoxy groups -OCH3 is 1. The predicted octanol–water partition coefficient (Wildman–Crippen LogP) is 5.97. The van der Waals surface area contributed by atoms with E-state index in [1.807, 2.05) is 81.4 Å². The van der Waals surface area contributed by atoms with E-state index >= 15 is 0 Å². The highest BCUT2D eigenvalue weighted by molar-refractivity contribution is 5.99. The second kappa shape index (κ2) is 11.3. The minimum Gasteiger partial charge on any atom is -0.490 e. The van der Waals surface area contributed by atoms with E-state index in [0.717, 1.165) is 22.3 Å². The lowest BCUT2D eigenvalue weighted by Crippen LogP contribution is -2.31. The first-order valence-corrected chi connectivity index (χ1v) is 13.2. The molecule has 7 heteroatoms. The molecule has 0 fully saturated rings. The Morgan fingerprint density at radius 1 is 0.949 bits per heavy atom. The number of benzene rings is 3. The summed E-state index contributed by atoms with van der Waals surface area (Å²) in [5.74, 6) is 0.950. The van der Waals surface area contributed by atoms with Gasteiger partial charge in [-0.3, -0.25) is 9.59 Å². The van der Waals surface area contributed by atoms with Crippen molar-refractivity contribution in [2.75, 3.05) is 26.9 Å². The highest BCUT2D eigenvalue weighted by atomic mass is 16.5. The lowest BCUT2D eigenvalue weighted by atomic mass is 9.96. The van der Waals surface area contributed by atoms with E-state index in [1.54, 1.807) is 12.0 Å². The maximum absolute atomic E-state index is 14.0. The lowest BCUT2D eigenvalue weighted by Gasteiger charge is -2.26. The number of amides is 1. The Kier molecular flexibility index (Phi) is 7.70. The molecule has 1 aromatic heterocycles. The minimum atomic E-state index is -0.618. The largest absolute Gasteiger partial charge is 0.490 e. The monoisotopic (exact) mass is 527 g/mol. The molecule has 0 spiro atoms. The number of fused-ring (bicyclic) bond motifs is 2.